The average molecular weight is 537 g/mol. The first kappa shape index (κ1) is 30.0. The number of amides is 2. The maximum absolute atomic E-state index is 14.7. The molecule has 0 bridgehead atoms. The summed E-state index contributed by atoms with van der Waals surface area (Å²) in [7, 11) is -0.0817. The molecule has 0 fully saturated rings. The molecule has 0 saturated carbocycles. The van der Waals surface area contributed by atoms with Gasteiger partial charge in [0.25, 0.3) is 0 Å². The largest absolute Gasteiger partial charge is 0.497 e. The van der Waals surface area contributed by atoms with Crippen molar-refractivity contribution in [3.63, 3.8) is 0 Å². The molecule has 0 heterocycles. The number of ether oxygens (including phenoxy) is 1. The van der Waals surface area contributed by atoms with Gasteiger partial charge in [0.2, 0.25) is 11.8 Å². The Hall–Kier alpha value is -3.18. The molecule has 0 aromatic heterocycles. The van der Waals surface area contributed by atoms with Crippen LogP contribution in [0.2, 0.25) is 0 Å². The lowest BCUT2D eigenvalue weighted by Crippen LogP contribution is -2.53. The van der Waals surface area contributed by atoms with Crippen molar-refractivity contribution in [3.8, 4) is 5.75 Å². The van der Waals surface area contributed by atoms with Crippen molar-refractivity contribution in [2.24, 2.45) is 0 Å². The first-order valence-corrected chi connectivity index (χ1v) is 13.6. The molecule has 2 aromatic rings. The van der Waals surface area contributed by atoms with Crippen LogP contribution in [0.4, 0.5) is 10.1 Å². The molecule has 1 atom stereocenters. The number of benzene rings is 2. The molecule has 0 aliphatic carbocycles. The van der Waals surface area contributed by atoms with Crippen LogP contribution in [0.3, 0.4) is 0 Å². The van der Waals surface area contributed by atoms with Crippen molar-refractivity contribution < 1.29 is 27.1 Å². The highest BCUT2D eigenvalue weighted by molar-refractivity contribution is 7.90. The molecule has 1 unspecified atom stereocenters. The lowest BCUT2D eigenvalue weighted by molar-refractivity contribution is -0.140. The Morgan fingerprint density at radius 1 is 1.05 bits per heavy atom. The summed E-state index contributed by atoms with van der Waals surface area (Å²) in [4.78, 5) is 28.2. The minimum absolute atomic E-state index is 0.0512. The molecular weight excluding hydrogens is 499 g/mol. The van der Waals surface area contributed by atoms with Crippen LogP contribution in [0, 0.1) is 5.82 Å². The second kappa shape index (κ2) is 13.9. The number of nitrogens with one attached hydrogen (secondary N) is 1. The monoisotopic (exact) mass is 536 g/mol. The summed E-state index contributed by atoms with van der Waals surface area (Å²) < 4.78 is 47.8. The van der Waals surface area contributed by atoms with Crippen LogP contribution in [0.1, 0.15) is 38.7 Å². The van der Waals surface area contributed by atoms with Crippen LogP contribution in [-0.4, -0.2) is 69.8 Å². The number of hydrogen-bond acceptors (Lipinski definition) is 5. The first-order chi connectivity index (χ1) is 17.6. The molecule has 204 valence electrons. The predicted octanol–water partition coefficient (Wildman–Crippen LogP) is 3.17. The number of carbonyl (C=O) groups is 2. The molecule has 2 amide bonds. The molecule has 1 N–H and O–H groups in total. The second-order valence-electron chi connectivity index (χ2n) is 8.69. The van der Waals surface area contributed by atoms with Gasteiger partial charge in [0.1, 0.15) is 24.2 Å². The Morgan fingerprint density at radius 2 is 1.70 bits per heavy atom. The molecular formula is C26H37FN4O5S. The summed E-state index contributed by atoms with van der Waals surface area (Å²) in [6, 6.07) is 11.5. The third kappa shape index (κ3) is 7.90. The van der Waals surface area contributed by atoms with Crippen LogP contribution in [0.5, 0.6) is 5.75 Å². The first-order valence-electron chi connectivity index (χ1n) is 12.2. The van der Waals surface area contributed by atoms with E-state index in [4.69, 9.17) is 4.74 Å². The molecule has 0 radical (unpaired) electrons. The number of para-hydroxylation sites is 1. The van der Waals surface area contributed by atoms with Gasteiger partial charge in [0, 0.05) is 27.2 Å². The highest BCUT2D eigenvalue weighted by Crippen LogP contribution is 2.24. The third-order valence-electron chi connectivity index (χ3n) is 5.87. The third-order valence-corrected chi connectivity index (χ3v) is 7.67. The summed E-state index contributed by atoms with van der Waals surface area (Å²) in [5.41, 5.74) is 0.469. The number of anilines is 1. The number of hydrogen-bond donors (Lipinski definition) is 1. The number of carbonyl (C=O) groups excluding carboxylic acids is 2. The molecule has 0 saturated heterocycles. The van der Waals surface area contributed by atoms with Crippen LogP contribution >= 0.6 is 0 Å². The van der Waals surface area contributed by atoms with E-state index in [2.05, 4.69) is 5.32 Å². The van der Waals surface area contributed by atoms with Gasteiger partial charge in [-0.05, 0) is 42.7 Å². The summed E-state index contributed by atoms with van der Waals surface area (Å²) >= 11 is 0. The van der Waals surface area contributed by atoms with E-state index >= 15 is 0 Å². The minimum atomic E-state index is -4.23. The zero-order chi connectivity index (χ0) is 27.6. The van der Waals surface area contributed by atoms with E-state index in [0.29, 0.717) is 18.7 Å². The maximum Gasteiger partial charge on any atom is 0.304 e. The van der Waals surface area contributed by atoms with Crippen LogP contribution in [0.15, 0.2) is 48.5 Å². The minimum Gasteiger partial charge on any atom is -0.497 e. The number of halogens is 1. The summed E-state index contributed by atoms with van der Waals surface area (Å²) in [5, 5.41) is 2.86. The fourth-order valence-electron chi connectivity index (χ4n) is 3.71. The van der Waals surface area contributed by atoms with E-state index in [-0.39, 0.29) is 18.1 Å². The Morgan fingerprint density at radius 3 is 2.24 bits per heavy atom. The van der Waals surface area contributed by atoms with Gasteiger partial charge in [-0.2, -0.15) is 12.7 Å². The second-order valence-corrected chi connectivity index (χ2v) is 10.8. The zero-order valence-electron chi connectivity index (χ0n) is 22.1. The van der Waals surface area contributed by atoms with Crippen molar-refractivity contribution in [3.05, 3.63) is 59.9 Å². The fraction of sp³-hybridized carbons (Fsp3) is 0.462. The van der Waals surface area contributed by atoms with Crippen molar-refractivity contribution in [1.29, 1.82) is 0 Å². The molecule has 2 aromatic carbocycles. The van der Waals surface area contributed by atoms with E-state index < -0.39 is 34.5 Å². The highest BCUT2D eigenvalue weighted by Gasteiger charge is 2.34. The fourth-order valence-corrected chi connectivity index (χ4v) is 4.77. The Bertz CT molecular complexity index is 1140. The van der Waals surface area contributed by atoms with E-state index in [1.807, 2.05) is 6.92 Å². The maximum atomic E-state index is 14.7. The highest BCUT2D eigenvalue weighted by atomic mass is 32.2. The normalized spacial score (nSPS) is 12.2. The standard InChI is InChI=1S/C26H37FN4O5S/c1-6-8-17-28-26(33)23(7-2)30(18-20-13-15-21(36-5)16-14-20)25(32)19-31(37(34,35)29(3)4)24-12-10-9-11-22(24)27/h9-16,23H,6-8,17-19H2,1-5H3,(H,28,33). The van der Waals surface area contributed by atoms with E-state index in [9.17, 15) is 22.4 Å². The van der Waals surface area contributed by atoms with Gasteiger partial charge in [-0.15, -0.1) is 0 Å². The van der Waals surface area contributed by atoms with Gasteiger partial charge in [-0.25, -0.2) is 8.70 Å². The van der Waals surface area contributed by atoms with Crippen LogP contribution < -0.4 is 14.4 Å². The van der Waals surface area contributed by atoms with Gasteiger partial charge in [0.05, 0.1) is 12.8 Å². The molecule has 2 rings (SSSR count). The topological polar surface area (TPSA) is 99.3 Å². The molecule has 0 spiro atoms. The predicted molar refractivity (Wildman–Crippen MR) is 142 cm³/mol. The number of methoxy groups -OCH3 is 1. The van der Waals surface area contributed by atoms with E-state index in [1.165, 1.54) is 37.2 Å². The van der Waals surface area contributed by atoms with Gasteiger partial charge < -0.3 is 15.0 Å². The average Bonchev–Trinajstić information content (AvgIpc) is 2.88. The SMILES string of the molecule is CCCCNC(=O)C(CC)N(Cc1ccc(OC)cc1)C(=O)CN(c1ccccc1F)S(=O)(=O)N(C)C. The molecule has 11 heteroatoms. The van der Waals surface area contributed by atoms with Crippen molar-refractivity contribution in [2.75, 3.05) is 38.6 Å². The molecule has 9 nitrogen and oxygen atoms in total. The lowest BCUT2D eigenvalue weighted by atomic mass is 10.1. The van der Waals surface area contributed by atoms with Crippen molar-refractivity contribution in [2.45, 2.75) is 45.7 Å². The smallest absolute Gasteiger partial charge is 0.304 e. The van der Waals surface area contributed by atoms with Gasteiger partial charge >= 0.3 is 10.2 Å². The number of unbranched alkanes of at least 4 members (excludes halogenated alkanes) is 1. The number of rotatable bonds is 14. The van der Waals surface area contributed by atoms with Crippen LogP contribution in [0.25, 0.3) is 0 Å². The molecule has 0 aliphatic heterocycles. The molecule has 0 aliphatic rings. The zero-order valence-corrected chi connectivity index (χ0v) is 22.9. The van der Waals surface area contributed by atoms with Gasteiger partial charge in [-0.1, -0.05) is 44.5 Å². The quantitative estimate of drug-likeness (QED) is 0.374. The summed E-state index contributed by atoms with van der Waals surface area (Å²) in [5.74, 6) is -1.12. The number of nitrogens with zero attached hydrogens (tertiary/aromatic N) is 3. The van der Waals surface area contributed by atoms with Crippen LogP contribution in [-0.2, 0) is 26.3 Å². The van der Waals surface area contributed by atoms with Crippen molar-refractivity contribution in [1.82, 2.24) is 14.5 Å². The lowest BCUT2D eigenvalue weighted by Gasteiger charge is -2.34. The molecule has 37 heavy (non-hydrogen) atoms. The Kier molecular flexibility index (Phi) is 11.3. The van der Waals surface area contributed by atoms with Gasteiger partial charge in [0.15, 0.2) is 0 Å². The van der Waals surface area contributed by atoms with Crippen molar-refractivity contribution >= 4 is 27.7 Å². The summed E-state index contributed by atoms with van der Waals surface area (Å²) in [6.45, 7) is 3.62. The van der Waals surface area contributed by atoms with Gasteiger partial charge in [-0.3, -0.25) is 9.59 Å². The van der Waals surface area contributed by atoms with E-state index in [0.717, 1.165) is 33.1 Å². The Balaban J connectivity index is 2.48. The Labute approximate surface area is 219 Å². The van der Waals surface area contributed by atoms with E-state index in [1.54, 1.807) is 38.3 Å². The summed E-state index contributed by atoms with van der Waals surface area (Å²) in [6.07, 6.45) is 1.99.